The van der Waals surface area contributed by atoms with Crippen molar-refractivity contribution >= 4 is 5.91 Å². The van der Waals surface area contributed by atoms with Crippen LogP contribution in [-0.4, -0.2) is 48.8 Å². The number of ether oxygens (including phenoxy) is 1. The standard InChI is InChI=1S/C10H21NO3/c1-8(7-14-4)11(3)10(13)6-5-9(2)12/h8-9,12H,5-7H2,1-4H3. The zero-order valence-electron chi connectivity index (χ0n) is 9.49. The van der Waals surface area contributed by atoms with E-state index < -0.39 is 6.10 Å². The van der Waals surface area contributed by atoms with Crippen molar-refractivity contribution in [2.75, 3.05) is 20.8 Å². The third-order valence-electron chi connectivity index (χ3n) is 2.24. The van der Waals surface area contributed by atoms with E-state index in [-0.39, 0.29) is 11.9 Å². The Morgan fingerprint density at radius 1 is 1.50 bits per heavy atom. The van der Waals surface area contributed by atoms with Crippen LogP contribution < -0.4 is 0 Å². The maximum absolute atomic E-state index is 11.5. The molecule has 0 spiro atoms. The molecule has 2 atom stereocenters. The Hall–Kier alpha value is -0.610. The first-order valence-corrected chi connectivity index (χ1v) is 4.91. The van der Waals surface area contributed by atoms with E-state index >= 15 is 0 Å². The molecule has 0 bridgehead atoms. The van der Waals surface area contributed by atoms with E-state index in [0.717, 1.165) is 0 Å². The Morgan fingerprint density at radius 2 is 2.07 bits per heavy atom. The van der Waals surface area contributed by atoms with Gasteiger partial charge in [-0.15, -0.1) is 0 Å². The number of carbonyl (C=O) groups excluding carboxylic acids is 1. The fraction of sp³-hybridized carbons (Fsp3) is 0.900. The molecule has 0 rings (SSSR count). The average molecular weight is 203 g/mol. The molecule has 0 aromatic heterocycles. The molecule has 0 fully saturated rings. The highest BCUT2D eigenvalue weighted by molar-refractivity contribution is 5.76. The van der Waals surface area contributed by atoms with Gasteiger partial charge in [-0.3, -0.25) is 4.79 Å². The number of rotatable bonds is 6. The highest BCUT2D eigenvalue weighted by Gasteiger charge is 2.15. The van der Waals surface area contributed by atoms with E-state index in [2.05, 4.69) is 0 Å². The molecule has 14 heavy (non-hydrogen) atoms. The number of hydrogen-bond donors (Lipinski definition) is 1. The predicted octanol–water partition coefficient (Wildman–Crippen LogP) is 0.641. The first-order valence-electron chi connectivity index (χ1n) is 4.91. The second-order valence-electron chi connectivity index (χ2n) is 3.70. The van der Waals surface area contributed by atoms with Gasteiger partial charge in [0.15, 0.2) is 0 Å². The van der Waals surface area contributed by atoms with Gasteiger partial charge in [0.1, 0.15) is 0 Å². The van der Waals surface area contributed by atoms with Gasteiger partial charge in [0.2, 0.25) is 5.91 Å². The summed E-state index contributed by atoms with van der Waals surface area (Å²) in [6, 6.07) is 0.0847. The zero-order valence-corrected chi connectivity index (χ0v) is 9.49. The van der Waals surface area contributed by atoms with Crippen LogP contribution in [0.15, 0.2) is 0 Å². The van der Waals surface area contributed by atoms with Gasteiger partial charge >= 0.3 is 0 Å². The summed E-state index contributed by atoms with van der Waals surface area (Å²) in [4.78, 5) is 13.2. The van der Waals surface area contributed by atoms with Gasteiger partial charge in [-0.25, -0.2) is 0 Å². The first kappa shape index (κ1) is 13.4. The van der Waals surface area contributed by atoms with Crippen molar-refractivity contribution < 1.29 is 14.6 Å². The molecular weight excluding hydrogens is 182 g/mol. The second-order valence-corrected chi connectivity index (χ2v) is 3.70. The van der Waals surface area contributed by atoms with Gasteiger partial charge in [-0.1, -0.05) is 0 Å². The van der Waals surface area contributed by atoms with Crippen LogP contribution in [0.1, 0.15) is 26.7 Å². The van der Waals surface area contributed by atoms with E-state index in [1.165, 1.54) is 0 Å². The number of methoxy groups -OCH3 is 1. The largest absolute Gasteiger partial charge is 0.393 e. The molecule has 0 aliphatic rings. The monoisotopic (exact) mass is 203 g/mol. The summed E-state index contributed by atoms with van der Waals surface area (Å²) in [5.41, 5.74) is 0. The predicted molar refractivity (Wildman–Crippen MR) is 55.0 cm³/mol. The molecular formula is C10H21NO3. The molecule has 4 nitrogen and oxygen atoms in total. The SMILES string of the molecule is COCC(C)N(C)C(=O)CCC(C)O. The van der Waals surface area contributed by atoms with Crippen molar-refractivity contribution in [3.05, 3.63) is 0 Å². The van der Waals surface area contributed by atoms with E-state index in [4.69, 9.17) is 9.84 Å². The fourth-order valence-electron chi connectivity index (χ4n) is 1.11. The molecule has 0 aromatic carbocycles. The third kappa shape index (κ3) is 5.19. The minimum atomic E-state index is -0.412. The number of likely N-dealkylation sites (N-methyl/N-ethyl adjacent to an activating group) is 1. The Morgan fingerprint density at radius 3 is 2.50 bits per heavy atom. The molecule has 0 aliphatic heterocycles. The Labute approximate surface area is 85.9 Å². The molecule has 0 saturated carbocycles. The summed E-state index contributed by atoms with van der Waals surface area (Å²) in [5, 5.41) is 9.03. The molecule has 2 unspecified atom stereocenters. The molecule has 0 radical (unpaired) electrons. The summed E-state index contributed by atoms with van der Waals surface area (Å²) in [7, 11) is 3.37. The van der Waals surface area contributed by atoms with Crippen LogP contribution in [0.5, 0.6) is 0 Å². The van der Waals surface area contributed by atoms with E-state index in [1.807, 2.05) is 6.92 Å². The van der Waals surface area contributed by atoms with E-state index in [9.17, 15) is 4.79 Å². The Balaban J connectivity index is 3.86. The molecule has 0 aromatic rings. The quantitative estimate of drug-likeness (QED) is 0.689. The summed E-state index contributed by atoms with van der Waals surface area (Å²) < 4.78 is 4.96. The summed E-state index contributed by atoms with van der Waals surface area (Å²) in [5.74, 6) is 0.0513. The van der Waals surface area contributed by atoms with Crippen LogP contribution in [0, 0.1) is 0 Å². The van der Waals surface area contributed by atoms with Crippen LogP contribution in [0.3, 0.4) is 0 Å². The summed E-state index contributed by atoms with van der Waals surface area (Å²) in [6.07, 6.45) is 0.496. The molecule has 1 N–H and O–H groups in total. The van der Waals surface area contributed by atoms with Gasteiger partial charge < -0.3 is 14.7 Å². The van der Waals surface area contributed by atoms with Crippen LogP contribution in [0.2, 0.25) is 0 Å². The second kappa shape index (κ2) is 6.79. The van der Waals surface area contributed by atoms with Crippen molar-refractivity contribution in [2.24, 2.45) is 0 Å². The van der Waals surface area contributed by atoms with E-state index in [1.54, 1.807) is 26.0 Å². The van der Waals surface area contributed by atoms with Crippen LogP contribution in [-0.2, 0) is 9.53 Å². The van der Waals surface area contributed by atoms with Crippen LogP contribution in [0.4, 0.5) is 0 Å². The molecule has 1 amide bonds. The fourth-order valence-corrected chi connectivity index (χ4v) is 1.11. The number of aliphatic hydroxyl groups is 1. The smallest absolute Gasteiger partial charge is 0.222 e. The number of carbonyl (C=O) groups is 1. The van der Waals surface area contributed by atoms with E-state index in [0.29, 0.717) is 19.4 Å². The van der Waals surface area contributed by atoms with Gasteiger partial charge in [0.05, 0.1) is 18.8 Å². The normalized spacial score (nSPS) is 14.9. The summed E-state index contributed by atoms with van der Waals surface area (Å²) >= 11 is 0. The lowest BCUT2D eigenvalue weighted by atomic mass is 10.2. The van der Waals surface area contributed by atoms with Gasteiger partial charge in [0.25, 0.3) is 0 Å². The van der Waals surface area contributed by atoms with Gasteiger partial charge in [0, 0.05) is 20.6 Å². The highest BCUT2D eigenvalue weighted by atomic mass is 16.5. The minimum absolute atomic E-state index is 0.0513. The lowest BCUT2D eigenvalue weighted by molar-refractivity contribution is -0.133. The number of hydrogen-bond acceptors (Lipinski definition) is 3. The van der Waals surface area contributed by atoms with Gasteiger partial charge in [-0.05, 0) is 20.3 Å². The Kier molecular flexibility index (Phi) is 6.49. The molecule has 84 valence electrons. The third-order valence-corrected chi connectivity index (χ3v) is 2.24. The molecule has 4 heteroatoms. The first-order chi connectivity index (χ1) is 6.49. The number of nitrogens with zero attached hydrogens (tertiary/aromatic N) is 1. The van der Waals surface area contributed by atoms with Crippen molar-refractivity contribution in [1.29, 1.82) is 0 Å². The van der Waals surface area contributed by atoms with Crippen LogP contribution in [0.25, 0.3) is 0 Å². The number of amides is 1. The Bertz CT molecular complexity index is 171. The zero-order chi connectivity index (χ0) is 11.1. The number of aliphatic hydroxyl groups excluding tert-OH is 1. The minimum Gasteiger partial charge on any atom is -0.393 e. The molecule has 0 heterocycles. The maximum Gasteiger partial charge on any atom is 0.222 e. The van der Waals surface area contributed by atoms with Crippen LogP contribution >= 0.6 is 0 Å². The van der Waals surface area contributed by atoms with Gasteiger partial charge in [-0.2, -0.15) is 0 Å². The lowest BCUT2D eigenvalue weighted by Crippen LogP contribution is -2.37. The van der Waals surface area contributed by atoms with Crippen molar-refractivity contribution in [1.82, 2.24) is 4.90 Å². The summed E-state index contributed by atoms with van der Waals surface area (Å²) in [6.45, 7) is 4.16. The maximum atomic E-state index is 11.5. The molecule has 0 aliphatic carbocycles. The van der Waals surface area contributed by atoms with Crippen molar-refractivity contribution in [3.63, 3.8) is 0 Å². The van der Waals surface area contributed by atoms with Crippen molar-refractivity contribution in [2.45, 2.75) is 38.8 Å². The highest BCUT2D eigenvalue weighted by Crippen LogP contribution is 2.03. The van der Waals surface area contributed by atoms with Crippen molar-refractivity contribution in [3.8, 4) is 0 Å². The molecule has 0 saturated heterocycles. The topological polar surface area (TPSA) is 49.8 Å². The lowest BCUT2D eigenvalue weighted by Gasteiger charge is -2.24. The average Bonchev–Trinajstić information content (AvgIpc) is 2.13.